The fourth-order valence-corrected chi connectivity index (χ4v) is 4.02. The molecule has 1 aliphatic heterocycles. The highest BCUT2D eigenvalue weighted by atomic mass is 32.2. The third-order valence-corrected chi connectivity index (χ3v) is 5.29. The summed E-state index contributed by atoms with van der Waals surface area (Å²) in [6.07, 6.45) is 3.98. The lowest BCUT2D eigenvalue weighted by Gasteiger charge is -2.21. The second-order valence-corrected chi connectivity index (χ2v) is 6.63. The van der Waals surface area contributed by atoms with Crippen molar-refractivity contribution in [2.45, 2.75) is 30.6 Å². The number of benzene rings is 1. The van der Waals surface area contributed by atoms with Gasteiger partial charge in [0, 0.05) is 18.8 Å². The van der Waals surface area contributed by atoms with Gasteiger partial charge >= 0.3 is 0 Å². The molecule has 2 N–H and O–H groups in total. The van der Waals surface area contributed by atoms with Gasteiger partial charge < -0.3 is 10.5 Å². The number of hydrogen-bond acceptors (Lipinski definition) is 4. The lowest BCUT2D eigenvalue weighted by Crippen LogP contribution is -2.32. The summed E-state index contributed by atoms with van der Waals surface area (Å²) in [6, 6.07) is 4.71. The number of hydrogen-bond donors (Lipinski definition) is 1. The summed E-state index contributed by atoms with van der Waals surface area (Å²) in [7, 11) is -2.06. The van der Waals surface area contributed by atoms with Crippen LogP contribution in [0.4, 0.5) is 5.69 Å². The Balaban J connectivity index is 2.40. The second-order valence-electron chi connectivity index (χ2n) is 4.73. The summed E-state index contributed by atoms with van der Waals surface area (Å²) in [5.74, 6) is 0.346. The van der Waals surface area contributed by atoms with Crippen molar-refractivity contribution < 1.29 is 13.2 Å². The van der Waals surface area contributed by atoms with Crippen molar-refractivity contribution in [3.8, 4) is 5.75 Å². The fourth-order valence-electron chi connectivity index (χ4n) is 2.32. The van der Waals surface area contributed by atoms with E-state index in [-0.39, 0.29) is 4.90 Å². The normalized spacial score (nSPS) is 17.9. The molecule has 0 saturated carbocycles. The summed E-state index contributed by atoms with van der Waals surface area (Å²) in [5.41, 5.74) is 6.13. The van der Waals surface area contributed by atoms with E-state index in [2.05, 4.69) is 0 Å². The van der Waals surface area contributed by atoms with Gasteiger partial charge in [-0.1, -0.05) is 12.8 Å². The summed E-state index contributed by atoms with van der Waals surface area (Å²) < 4.78 is 32.0. The Bertz CT molecular complexity index is 535. The molecule has 0 radical (unpaired) electrons. The highest BCUT2D eigenvalue weighted by molar-refractivity contribution is 7.89. The molecular formula is C13H20N2O3S. The smallest absolute Gasteiger partial charge is 0.246 e. The van der Waals surface area contributed by atoms with Gasteiger partial charge in [-0.3, -0.25) is 0 Å². The van der Waals surface area contributed by atoms with Crippen molar-refractivity contribution in [1.82, 2.24) is 4.31 Å². The average molecular weight is 284 g/mol. The van der Waals surface area contributed by atoms with Gasteiger partial charge in [-0.15, -0.1) is 0 Å². The first kappa shape index (κ1) is 14.1. The molecule has 1 aromatic rings. The van der Waals surface area contributed by atoms with E-state index >= 15 is 0 Å². The summed E-state index contributed by atoms with van der Waals surface area (Å²) in [6.45, 7) is 1.14. The third-order valence-electron chi connectivity index (χ3n) is 3.37. The summed E-state index contributed by atoms with van der Waals surface area (Å²) in [5, 5.41) is 0. The van der Waals surface area contributed by atoms with Gasteiger partial charge in [0.05, 0.1) is 7.11 Å². The molecule has 2 rings (SSSR count). The zero-order valence-electron chi connectivity index (χ0n) is 11.1. The van der Waals surface area contributed by atoms with Crippen molar-refractivity contribution in [3.63, 3.8) is 0 Å². The van der Waals surface area contributed by atoms with Crippen LogP contribution in [0, 0.1) is 0 Å². The van der Waals surface area contributed by atoms with E-state index in [0.717, 1.165) is 25.7 Å². The number of nitrogen functional groups attached to an aromatic ring is 1. The van der Waals surface area contributed by atoms with E-state index < -0.39 is 10.0 Å². The zero-order valence-corrected chi connectivity index (χ0v) is 11.9. The van der Waals surface area contributed by atoms with Crippen molar-refractivity contribution in [2.75, 3.05) is 25.9 Å². The van der Waals surface area contributed by atoms with Crippen LogP contribution in [-0.2, 0) is 10.0 Å². The fraction of sp³-hybridized carbons (Fsp3) is 0.538. The van der Waals surface area contributed by atoms with E-state index in [1.807, 2.05) is 0 Å². The molecule has 6 heteroatoms. The number of sulfonamides is 1. The molecule has 1 heterocycles. The van der Waals surface area contributed by atoms with E-state index in [0.29, 0.717) is 24.5 Å². The molecule has 1 saturated heterocycles. The number of anilines is 1. The molecule has 0 bridgehead atoms. The molecule has 1 aromatic carbocycles. The zero-order chi connectivity index (χ0) is 13.9. The van der Waals surface area contributed by atoms with Gasteiger partial charge in [-0.2, -0.15) is 4.31 Å². The van der Waals surface area contributed by atoms with Crippen molar-refractivity contribution in [2.24, 2.45) is 0 Å². The monoisotopic (exact) mass is 284 g/mol. The van der Waals surface area contributed by atoms with E-state index in [1.165, 1.54) is 17.5 Å². The lowest BCUT2D eigenvalue weighted by molar-refractivity contribution is 0.392. The van der Waals surface area contributed by atoms with Gasteiger partial charge in [0.15, 0.2) is 0 Å². The van der Waals surface area contributed by atoms with Crippen molar-refractivity contribution >= 4 is 15.7 Å². The highest BCUT2D eigenvalue weighted by Gasteiger charge is 2.28. The molecule has 0 aromatic heterocycles. The lowest BCUT2D eigenvalue weighted by atomic mass is 10.2. The molecular weight excluding hydrogens is 264 g/mol. The topological polar surface area (TPSA) is 72.6 Å². The van der Waals surface area contributed by atoms with E-state index in [9.17, 15) is 8.42 Å². The minimum absolute atomic E-state index is 0.164. The van der Waals surface area contributed by atoms with Crippen LogP contribution >= 0.6 is 0 Å². The number of ether oxygens (including phenoxy) is 1. The molecule has 0 unspecified atom stereocenters. The van der Waals surface area contributed by atoms with Crippen molar-refractivity contribution in [1.29, 1.82) is 0 Å². The third kappa shape index (κ3) is 3.01. The quantitative estimate of drug-likeness (QED) is 0.860. The average Bonchev–Trinajstić information content (AvgIpc) is 2.68. The van der Waals surface area contributed by atoms with Crippen molar-refractivity contribution in [3.05, 3.63) is 18.2 Å². The number of nitrogens with zero attached hydrogens (tertiary/aromatic N) is 1. The molecule has 0 atom stereocenters. The Morgan fingerprint density at radius 3 is 2.37 bits per heavy atom. The first-order valence-electron chi connectivity index (χ1n) is 6.49. The van der Waals surface area contributed by atoms with Crippen LogP contribution < -0.4 is 10.5 Å². The minimum atomic E-state index is -3.52. The van der Waals surface area contributed by atoms with Gasteiger partial charge in [-0.05, 0) is 31.0 Å². The largest absolute Gasteiger partial charge is 0.495 e. The molecule has 0 aliphatic carbocycles. The van der Waals surface area contributed by atoms with Crippen LogP contribution in [0.15, 0.2) is 23.1 Å². The summed E-state index contributed by atoms with van der Waals surface area (Å²) >= 11 is 0. The van der Waals surface area contributed by atoms with Gasteiger partial charge in [-0.25, -0.2) is 8.42 Å². The van der Waals surface area contributed by atoms with Crippen LogP contribution in [0.25, 0.3) is 0 Å². The maximum Gasteiger partial charge on any atom is 0.246 e. The minimum Gasteiger partial charge on any atom is -0.495 e. The maximum absolute atomic E-state index is 12.7. The van der Waals surface area contributed by atoms with Crippen LogP contribution in [0.3, 0.4) is 0 Å². The molecule has 106 valence electrons. The first-order valence-corrected chi connectivity index (χ1v) is 7.93. The van der Waals surface area contributed by atoms with Crippen LogP contribution in [0.5, 0.6) is 5.75 Å². The van der Waals surface area contributed by atoms with Gasteiger partial charge in [0.25, 0.3) is 0 Å². The first-order chi connectivity index (χ1) is 9.05. The maximum atomic E-state index is 12.7. The molecule has 1 aliphatic rings. The molecule has 0 amide bonds. The Morgan fingerprint density at radius 2 is 1.79 bits per heavy atom. The number of nitrogens with two attached hydrogens (primary N) is 1. The van der Waals surface area contributed by atoms with Gasteiger partial charge in [0.1, 0.15) is 10.6 Å². The Morgan fingerprint density at radius 1 is 1.16 bits per heavy atom. The highest BCUT2D eigenvalue weighted by Crippen LogP contribution is 2.29. The van der Waals surface area contributed by atoms with Crippen LogP contribution in [0.1, 0.15) is 25.7 Å². The Labute approximate surface area is 114 Å². The summed E-state index contributed by atoms with van der Waals surface area (Å²) in [4.78, 5) is 0.164. The van der Waals surface area contributed by atoms with Gasteiger partial charge in [0.2, 0.25) is 10.0 Å². The Hall–Kier alpha value is -1.27. The second kappa shape index (κ2) is 5.79. The standard InChI is InChI=1S/C13H20N2O3S/c1-18-12-7-6-11(14)10-13(12)19(16,17)15-8-4-2-3-5-9-15/h6-7,10H,2-5,8-9,14H2,1H3. The number of rotatable bonds is 3. The predicted molar refractivity (Wildman–Crippen MR) is 74.6 cm³/mol. The Kier molecular flexibility index (Phi) is 4.31. The molecule has 19 heavy (non-hydrogen) atoms. The van der Waals surface area contributed by atoms with E-state index in [4.69, 9.17) is 10.5 Å². The predicted octanol–water partition coefficient (Wildman–Crippen LogP) is 1.84. The van der Waals surface area contributed by atoms with E-state index in [1.54, 1.807) is 12.1 Å². The number of methoxy groups -OCH3 is 1. The molecule has 0 spiro atoms. The van der Waals surface area contributed by atoms with Crippen LogP contribution in [0.2, 0.25) is 0 Å². The SMILES string of the molecule is COc1ccc(N)cc1S(=O)(=O)N1CCCCCC1. The van der Waals surface area contributed by atoms with Crippen LogP contribution in [-0.4, -0.2) is 32.9 Å². The molecule has 5 nitrogen and oxygen atoms in total. The molecule has 1 fully saturated rings.